The van der Waals surface area contributed by atoms with Gasteiger partial charge >= 0.3 is 0 Å². The number of carbonyl (C=O) groups is 2. The molecule has 0 aromatic heterocycles. The van der Waals surface area contributed by atoms with Crippen LogP contribution in [-0.2, 0) is 9.59 Å². The molecule has 0 aromatic rings. The maximum absolute atomic E-state index is 11.8. The lowest BCUT2D eigenvalue weighted by Gasteiger charge is -2.47. The number of nitrogens with one attached hydrogen (secondary N) is 1. The summed E-state index contributed by atoms with van der Waals surface area (Å²) < 4.78 is 0. The largest absolute Gasteiger partial charge is 0.340 e. The van der Waals surface area contributed by atoms with E-state index < -0.39 is 5.54 Å². The average molecular weight is 182 g/mol. The number of carbonyl (C=O) groups excluding carboxylic acids is 2. The van der Waals surface area contributed by atoms with E-state index >= 15 is 0 Å². The Hall–Kier alpha value is -1.06. The van der Waals surface area contributed by atoms with Crippen LogP contribution in [-0.4, -0.2) is 35.3 Å². The molecule has 1 saturated heterocycles. The molecule has 2 amide bonds. The first-order valence-corrected chi connectivity index (χ1v) is 4.78. The van der Waals surface area contributed by atoms with E-state index in [4.69, 9.17) is 0 Å². The predicted octanol–water partition coefficient (Wildman–Crippen LogP) is -0.113. The van der Waals surface area contributed by atoms with Crippen LogP contribution < -0.4 is 5.32 Å². The highest BCUT2D eigenvalue weighted by atomic mass is 16.2. The molecular weight excluding hydrogens is 168 g/mol. The van der Waals surface area contributed by atoms with E-state index in [2.05, 4.69) is 5.32 Å². The molecule has 0 unspecified atom stereocenters. The Morgan fingerprint density at radius 1 is 1.46 bits per heavy atom. The van der Waals surface area contributed by atoms with Crippen molar-refractivity contribution in [3.63, 3.8) is 0 Å². The van der Waals surface area contributed by atoms with Crippen LogP contribution in [0.2, 0.25) is 0 Å². The van der Waals surface area contributed by atoms with Gasteiger partial charge in [0.05, 0.1) is 6.54 Å². The van der Waals surface area contributed by atoms with E-state index in [0.29, 0.717) is 6.54 Å². The van der Waals surface area contributed by atoms with E-state index in [1.165, 1.54) is 0 Å². The van der Waals surface area contributed by atoms with Gasteiger partial charge in [-0.05, 0) is 26.2 Å². The minimum absolute atomic E-state index is 0.0128. The molecule has 2 rings (SSSR count). The van der Waals surface area contributed by atoms with Gasteiger partial charge in [0.15, 0.2) is 0 Å². The van der Waals surface area contributed by atoms with Gasteiger partial charge in [-0.15, -0.1) is 0 Å². The van der Waals surface area contributed by atoms with Crippen molar-refractivity contribution >= 4 is 11.8 Å². The van der Waals surface area contributed by atoms with Crippen LogP contribution in [0.5, 0.6) is 0 Å². The fourth-order valence-corrected chi connectivity index (χ4v) is 2.03. The van der Waals surface area contributed by atoms with Crippen LogP contribution in [0.15, 0.2) is 0 Å². The zero-order valence-electron chi connectivity index (χ0n) is 7.80. The van der Waals surface area contributed by atoms with Gasteiger partial charge in [-0.3, -0.25) is 9.59 Å². The molecule has 4 heteroatoms. The molecule has 2 fully saturated rings. The second-order valence-electron chi connectivity index (χ2n) is 3.80. The third-order valence-electron chi connectivity index (χ3n) is 3.00. The Kier molecular flexibility index (Phi) is 1.78. The molecule has 1 aliphatic carbocycles. The first kappa shape index (κ1) is 8.53. The van der Waals surface area contributed by atoms with E-state index in [9.17, 15) is 9.59 Å². The predicted molar refractivity (Wildman–Crippen MR) is 47.0 cm³/mol. The van der Waals surface area contributed by atoms with Crippen molar-refractivity contribution in [2.24, 2.45) is 0 Å². The molecule has 0 atom stereocenters. The fraction of sp³-hybridized carbons (Fsp3) is 0.778. The number of piperazine rings is 1. The lowest BCUT2D eigenvalue weighted by molar-refractivity contribution is -0.153. The van der Waals surface area contributed by atoms with Crippen molar-refractivity contribution in [3.05, 3.63) is 0 Å². The molecular formula is C9H14N2O2. The zero-order chi connectivity index (χ0) is 9.47. The minimum Gasteiger partial charge on any atom is -0.340 e. The summed E-state index contributed by atoms with van der Waals surface area (Å²) in [5.74, 6) is 0.0991. The number of nitrogens with zero attached hydrogens (tertiary/aromatic N) is 1. The summed E-state index contributed by atoms with van der Waals surface area (Å²) in [4.78, 5) is 24.7. The van der Waals surface area contributed by atoms with Crippen LogP contribution in [0.4, 0.5) is 0 Å². The summed E-state index contributed by atoms with van der Waals surface area (Å²) in [6.45, 7) is 2.77. The number of hydrogen-bond acceptors (Lipinski definition) is 2. The minimum atomic E-state index is -0.509. The average Bonchev–Trinajstić information content (AvgIpc) is 2.05. The van der Waals surface area contributed by atoms with Gasteiger partial charge in [0.2, 0.25) is 11.8 Å². The molecule has 2 aliphatic rings. The first-order valence-electron chi connectivity index (χ1n) is 4.78. The summed E-state index contributed by atoms with van der Waals surface area (Å²) >= 11 is 0. The Morgan fingerprint density at radius 2 is 2.15 bits per heavy atom. The van der Waals surface area contributed by atoms with Crippen LogP contribution in [0.1, 0.15) is 26.2 Å². The second-order valence-corrected chi connectivity index (χ2v) is 3.80. The first-order chi connectivity index (χ1) is 6.18. The van der Waals surface area contributed by atoms with Gasteiger partial charge in [-0.25, -0.2) is 0 Å². The highest BCUT2D eigenvalue weighted by molar-refractivity contribution is 5.98. The summed E-state index contributed by atoms with van der Waals surface area (Å²) in [7, 11) is 0. The van der Waals surface area contributed by atoms with Crippen LogP contribution >= 0.6 is 0 Å². The van der Waals surface area contributed by atoms with E-state index in [0.717, 1.165) is 19.3 Å². The fourth-order valence-electron chi connectivity index (χ4n) is 2.03. The van der Waals surface area contributed by atoms with Gasteiger partial charge in [0, 0.05) is 6.54 Å². The lowest BCUT2D eigenvalue weighted by Crippen LogP contribution is -2.69. The lowest BCUT2D eigenvalue weighted by atomic mass is 9.74. The molecule has 0 bridgehead atoms. The molecule has 13 heavy (non-hydrogen) atoms. The number of rotatable bonds is 1. The Morgan fingerprint density at radius 3 is 2.62 bits per heavy atom. The van der Waals surface area contributed by atoms with Crippen molar-refractivity contribution < 1.29 is 9.59 Å². The molecule has 72 valence electrons. The third kappa shape index (κ3) is 1.12. The molecule has 1 heterocycles. The maximum Gasteiger partial charge on any atom is 0.248 e. The van der Waals surface area contributed by atoms with Crippen LogP contribution in [0.3, 0.4) is 0 Å². The maximum atomic E-state index is 11.8. The van der Waals surface area contributed by atoms with Gasteiger partial charge in [0.25, 0.3) is 0 Å². The van der Waals surface area contributed by atoms with Gasteiger partial charge in [0.1, 0.15) is 5.54 Å². The van der Waals surface area contributed by atoms with E-state index in [-0.39, 0.29) is 18.4 Å². The molecule has 1 aliphatic heterocycles. The molecule has 0 radical (unpaired) electrons. The van der Waals surface area contributed by atoms with E-state index in [1.54, 1.807) is 4.90 Å². The summed E-state index contributed by atoms with van der Waals surface area (Å²) in [5, 5.41) is 2.81. The SMILES string of the molecule is CCN1CC(=O)NC2(CCC2)C1=O. The molecule has 0 aromatic carbocycles. The number of likely N-dealkylation sites (N-methyl/N-ethyl adjacent to an activating group) is 1. The summed E-state index contributed by atoms with van der Waals surface area (Å²) in [6.07, 6.45) is 2.67. The standard InChI is InChI=1S/C9H14N2O2/c1-2-11-6-7(12)10-9(8(11)13)4-3-5-9/h2-6H2,1H3,(H,10,12). The van der Waals surface area contributed by atoms with Crippen molar-refractivity contribution in [1.82, 2.24) is 10.2 Å². The quantitative estimate of drug-likeness (QED) is 0.615. The van der Waals surface area contributed by atoms with Crippen molar-refractivity contribution in [3.8, 4) is 0 Å². The molecule has 1 saturated carbocycles. The monoisotopic (exact) mass is 182 g/mol. The smallest absolute Gasteiger partial charge is 0.248 e. The van der Waals surface area contributed by atoms with Crippen molar-refractivity contribution in [2.75, 3.05) is 13.1 Å². The van der Waals surface area contributed by atoms with Crippen molar-refractivity contribution in [1.29, 1.82) is 0 Å². The van der Waals surface area contributed by atoms with E-state index in [1.807, 2.05) is 6.92 Å². The second kappa shape index (κ2) is 2.72. The number of amides is 2. The topological polar surface area (TPSA) is 49.4 Å². The normalized spacial score (nSPS) is 25.8. The molecule has 1 N–H and O–H groups in total. The van der Waals surface area contributed by atoms with Gasteiger partial charge < -0.3 is 10.2 Å². The summed E-state index contributed by atoms with van der Waals surface area (Å²) in [6, 6.07) is 0. The van der Waals surface area contributed by atoms with Gasteiger partial charge in [-0.2, -0.15) is 0 Å². The highest BCUT2D eigenvalue weighted by Gasteiger charge is 2.50. The Bertz CT molecular complexity index is 258. The highest BCUT2D eigenvalue weighted by Crippen LogP contribution is 2.35. The van der Waals surface area contributed by atoms with Gasteiger partial charge in [-0.1, -0.05) is 0 Å². The molecule has 1 spiro atoms. The number of hydrogen-bond donors (Lipinski definition) is 1. The third-order valence-corrected chi connectivity index (χ3v) is 3.00. The summed E-state index contributed by atoms with van der Waals surface area (Å²) in [5.41, 5.74) is -0.509. The zero-order valence-corrected chi connectivity index (χ0v) is 7.80. The van der Waals surface area contributed by atoms with Crippen LogP contribution in [0.25, 0.3) is 0 Å². The molecule has 4 nitrogen and oxygen atoms in total. The Balaban J connectivity index is 2.19. The van der Waals surface area contributed by atoms with Crippen LogP contribution in [0, 0.1) is 0 Å². The van der Waals surface area contributed by atoms with Crippen molar-refractivity contribution in [2.45, 2.75) is 31.7 Å². The Labute approximate surface area is 77.3 Å².